The molecule has 1 aliphatic heterocycles. The fourth-order valence-electron chi connectivity index (χ4n) is 3.02. The minimum atomic E-state index is -0.160. The highest BCUT2D eigenvalue weighted by Crippen LogP contribution is 2.31. The second-order valence-corrected chi connectivity index (χ2v) is 6.34. The molecular weight excluding hydrogens is 332 g/mol. The summed E-state index contributed by atoms with van der Waals surface area (Å²) in [6.45, 7) is 5.52. The molecule has 8 heteroatoms. The SMILES string of the molecule is CCOC(=O)C1CCCN(c2ncnc(Nc3ccc(C)cn3)c2N)C1. The molecule has 2 aromatic rings. The third-order valence-corrected chi connectivity index (χ3v) is 4.36. The minimum absolute atomic E-state index is 0.159. The number of nitrogen functional groups attached to an aromatic ring is 1. The van der Waals surface area contributed by atoms with Gasteiger partial charge in [0.25, 0.3) is 0 Å². The molecule has 1 fully saturated rings. The molecule has 3 heterocycles. The van der Waals surface area contributed by atoms with Crippen molar-refractivity contribution >= 4 is 29.1 Å². The van der Waals surface area contributed by atoms with Crippen LogP contribution in [0.5, 0.6) is 0 Å². The normalized spacial score (nSPS) is 17.0. The van der Waals surface area contributed by atoms with Crippen molar-refractivity contribution in [2.45, 2.75) is 26.7 Å². The van der Waals surface area contributed by atoms with Crippen LogP contribution in [0.3, 0.4) is 0 Å². The number of carbonyl (C=O) groups excluding carboxylic acids is 1. The molecule has 8 nitrogen and oxygen atoms in total. The van der Waals surface area contributed by atoms with Crippen molar-refractivity contribution in [1.82, 2.24) is 15.0 Å². The van der Waals surface area contributed by atoms with Crippen molar-refractivity contribution in [3.8, 4) is 0 Å². The zero-order chi connectivity index (χ0) is 18.5. The van der Waals surface area contributed by atoms with Gasteiger partial charge in [0.2, 0.25) is 0 Å². The fourth-order valence-corrected chi connectivity index (χ4v) is 3.02. The highest BCUT2D eigenvalue weighted by molar-refractivity contribution is 5.79. The summed E-state index contributed by atoms with van der Waals surface area (Å²) >= 11 is 0. The summed E-state index contributed by atoms with van der Waals surface area (Å²) < 4.78 is 5.16. The summed E-state index contributed by atoms with van der Waals surface area (Å²) in [6.07, 6.45) is 4.94. The first kappa shape index (κ1) is 17.9. The molecule has 0 spiro atoms. The Morgan fingerprint density at radius 1 is 1.38 bits per heavy atom. The summed E-state index contributed by atoms with van der Waals surface area (Å²) in [5.41, 5.74) is 7.82. The number of nitrogens with two attached hydrogens (primary N) is 1. The molecule has 26 heavy (non-hydrogen) atoms. The molecule has 1 saturated heterocycles. The van der Waals surface area contributed by atoms with Crippen molar-refractivity contribution in [2.24, 2.45) is 5.92 Å². The Balaban J connectivity index is 1.78. The molecule has 3 N–H and O–H groups in total. The lowest BCUT2D eigenvalue weighted by Gasteiger charge is -2.33. The van der Waals surface area contributed by atoms with Gasteiger partial charge >= 0.3 is 5.97 Å². The molecule has 3 rings (SSSR count). The smallest absolute Gasteiger partial charge is 0.310 e. The number of nitrogens with zero attached hydrogens (tertiary/aromatic N) is 4. The molecule has 2 aromatic heterocycles. The maximum Gasteiger partial charge on any atom is 0.310 e. The lowest BCUT2D eigenvalue weighted by molar-refractivity contribution is -0.148. The predicted octanol–water partition coefficient (Wildman–Crippen LogP) is 2.29. The number of rotatable bonds is 5. The van der Waals surface area contributed by atoms with Crippen molar-refractivity contribution in [3.63, 3.8) is 0 Å². The first-order valence-electron chi connectivity index (χ1n) is 8.80. The summed E-state index contributed by atoms with van der Waals surface area (Å²) in [5.74, 6) is 1.48. The third-order valence-electron chi connectivity index (χ3n) is 4.36. The van der Waals surface area contributed by atoms with Gasteiger partial charge in [0.05, 0.1) is 12.5 Å². The van der Waals surface area contributed by atoms with Gasteiger partial charge in [0, 0.05) is 19.3 Å². The number of aromatic nitrogens is 3. The summed E-state index contributed by atoms with van der Waals surface area (Å²) in [7, 11) is 0. The van der Waals surface area contributed by atoms with Gasteiger partial charge in [-0.1, -0.05) is 6.07 Å². The van der Waals surface area contributed by atoms with E-state index in [4.69, 9.17) is 10.5 Å². The number of hydrogen-bond acceptors (Lipinski definition) is 8. The van der Waals surface area contributed by atoms with Gasteiger partial charge in [-0.25, -0.2) is 15.0 Å². The molecule has 138 valence electrons. The van der Waals surface area contributed by atoms with E-state index in [1.165, 1.54) is 6.33 Å². The van der Waals surface area contributed by atoms with Crippen LogP contribution in [0, 0.1) is 12.8 Å². The zero-order valence-corrected chi connectivity index (χ0v) is 15.1. The number of anilines is 4. The average Bonchev–Trinajstić information content (AvgIpc) is 2.65. The van der Waals surface area contributed by atoms with Gasteiger partial charge in [0.1, 0.15) is 17.8 Å². The molecule has 0 aromatic carbocycles. The van der Waals surface area contributed by atoms with Crippen LogP contribution in [0.15, 0.2) is 24.7 Å². The molecule has 1 aliphatic rings. The summed E-state index contributed by atoms with van der Waals surface area (Å²) in [5, 5.41) is 3.13. The quantitative estimate of drug-likeness (QED) is 0.786. The Labute approximate surface area is 152 Å². The Morgan fingerprint density at radius 3 is 2.96 bits per heavy atom. The van der Waals surface area contributed by atoms with Gasteiger partial charge in [-0.15, -0.1) is 0 Å². The maximum atomic E-state index is 12.1. The highest BCUT2D eigenvalue weighted by atomic mass is 16.5. The Hall–Kier alpha value is -2.90. The highest BCUT2D eigenvalue weighted by Gasteiger charge is 2.29. The van der Waals surface area contributed by atoms with E-state index in [2.05, 4.69) is 20.3 Å². The first-order valence-corrected chi connectivity index (χ1v) is 8.80. The van der Waals surface area contributed by atoms with Gasteiger partial charge in [-0.2, -0.15) is 0 Å². The predicted molar refractivity (Wildman–Crippen MR) is 100 cm³/mol. The molecule has 0 radical (unpaired) electrons. The van der Waals surface area contributed by atoms with Crippen molar-refractivity contribution in [2.75, 3.05) is 35.6 Å². The number of hydrogen-bond donors (Lipinski definition) is 2. The van der Waals surface area contributed by atoms with Gasteiger partial charge in [-0.3, -0.25) is 4.79 Å². The topological polar surface area (TPSA) is 106 Å². The van der Waals surface area contributed by atoms with Crippen molar-refractivity contribution in [1.29, 1.82) is 0 Å². The van der Waals surface area contributed by atoms with Gasteiger partial charge in [0.15, 0.2) is 11.6 Å². The molecular formula is C18H24N6O2. The summed E-state index contributed by atoms with van der Waals surface area (Å²) in [4.78, 5) is 27.0. The van der Waals surface area contributed by atoms with Crippen LogP contribution in [-0.2, 0) is 9.53 Å². The molecule has 0 bridgehead atoms. The molecule has 1 unspecified atom stereocenters. The number of ether oxygens (including phenoxy) is 1. The molecule has 0 amide bonds. The minimum Gasteiger partial charge on any atom is -0.466 e. The van der Waals surface area contributed by atoms with E-state index in [1.54, 1.807) is 6.20 Å². The zero-order valence-electron chi connectivity index (χ0n) is 15.1. The van der Waals surface area contributed by atoms with E-state index >= 15 is 0 Å². The van der Waals surface area contributed by atoms with Gasteiger partial charge < -0.3 is 20.7 Å². The summed E-state index contributed by atoms with van der Waals surface area (Å²) in [6, 6.07) is 3.83. The first-order chi connectivity index (χ1) is 12.6. The Morgan fingerprint density at radius 2 is 2.23 bits per heavy atom. The molecule has 1 atom stereocenters. The van der Waals surface area contributed by atoms with E-state index in [0.717, 1.165) is 24.9 Å². The van der Waals surface area contributed by atoms with E-state index in [-0.39, 0.29) is 11.9 Å². The molecule has 0 aliphatic carbocycles. The lowest BCUT2D eigenvalue weighted by Crippen LogP contribution is -2.40. The number of esters is 1. The van der Waals surface area contributed by atoms with Crippen LogP contribution < -0.4 is 16.0 Å². The van der Waals surface area contributed by atoms with Crippen LogP contribution in [0.1, 0.15) is 25.3 Å². The van der Waals surface area contributed by atoms with E-state index in [9.17, 15) is 4.79 Å². The van der Waals surface area contributed by atoms with Crippen molar-refractivity contribution < 1.29 is 9.53 Å². The largest absolute Gasteiger partial charge is 0.466 e. The molecule has 0 saturated carbocycles. The van der Waals surface area contributed by atoms with Gasteiger partial charge in [-0.05, 0) is 38.3 Å². The Kier molecular flexibility index (Phi) is 5.50. The number of pyridine rings is 1. The van der Waals surface area contributed by atoms with E-state index in [1.807, 2.05) is 30.9 Å². The number of carbonyl (C=O) groups is 1. The van der Waals surface area contributed by atoms with E-state index < -0.39 is 0 Å². The van der Waals surface area contributed by atoms with Crippen LogP contribution in [0.2, 0.25) is 0 Å². The second kappa shape index (κ2) is 7.99. The lowest BCUT2D eigenvalue weighted by atomic mass is 9.98. The van der Waals surface area contributed by atoms with E-state index in [0.29, 0.717) is 36.3 Å². The second-order valence-electron chi connectivity index (χ2n) is 6.34. The van der Waals surface area contributed by atoms with Crippen LogP contribution in [-0.4, -0.2) is 40.6 Å². The monoisotopic (exact) mass is 356 g/mol. The average molecular weight is 356 g/mol. The Bertz CT molecular complexity index is 765. The number of nitrogens with one attached hydrogen (secondary N) is 1. The number of aryl methyl sites for hydroxylation is 1. The fraction of sp³-hybridized carbons (Fsp3) is 0.444. The van der Waals surface area contributed by atoms with Crippen LogP contribution in [0.25, 0.3) is 0 Å². The number of piperidine rings is 1. The standard InChI is InChI=1S/C18H24N6O2/c1-3-26-18(25)13-5-4-8-24(10-13)17-15(19)16(21-11-22-17)23-14-7-6-12(2)9-20-14/h6-7,9,11,13H,3-5,8,10,19H2,1-2H3,(H,20,21,22,23). The van der Waals surface area contributed by atoms with Crippen molar-refractivity contribution in [3.05, 3.63) is 30.2 Å². The maximum absolute atomic E-state index is 12.1. The van der Waals surface area contributed by atoms with Crippen LogP contribution >= 0.6 is 0 Å². The third kappa shape index (κ3) is 4.01. The van der Waals surface area contributed by atoms with Crippen LogP contribution in [0.4, 0.5) is 23.1 Å².